The predicted octanol–water partition coefficient (Wildman–Crippen LogP) is 0.686. The highest BCUT2D eigenvalue weighted by atomic mass is 32.2. The van der Waals surface area contributed by atoms with Crippen LogP contribution in [0, 0.1) is 0 Å². The van der Waals surface area contributed by atoms with E-state index in [4.69, 9.17) is 5.11 Å². The summed E-state index contributed by atoms with van der Waals surface area (Å²) >= 11 is 2.97. The van der Waals surface area contributed by atoms with E-state index in [9.17, 15) is 4.79 Å². The Hall–Kier alpha value is -1.71. The fourth-order valence-electron chi connectivity index (χ4n) is 1.44. The van der Waals surface area contributed by atoms with Crippen molar-refractivity contribution in [1.82, 2.24) is 25.5 Å². The summed E-state index contributed by atoms with van der Waals surface area (Å²) in [5.41, 5.74) is 0.855. The lowest BCUT2D eigenvalue weighted by Crippen LogP contribution is -2.23. The zero-order chi connectivity index (χ0) is 15.1. The van der Waals surface area contributed by atoms with E-state index < -0.39 is 0 Å². The Labute approximate surface area is 130 Å². The molecule has 1 amide bonds. The van der Waals surface area contributed by atoms with Crippen molar-refractivity contribution in [2.75, 3.05) is 12.3 Å². The topological polar surface area (TPSA) is 92.9 Å². The van der Waals surface area contributed by atoms with Crippen molar-refractivity contribution in [3.8, 4) is 0 Å². The lowest BCUT2D eigenvalue weighted by atomic mass is 10.3. The molecule has 0 saturated carbocycles. The first-order valence-electron chi connectivity index (χ1n) is 6.18. The number of nitrogens with one attached hydrogen (secondary N) is 1. The zero-order valence-electron chi connectivity index (χ0n) is 11.4. The largest absolute Gasteiger partial charge is 0.392 e. The van der Waals surface area contributed by atoms with E-state index in [-0.39, 0.29) is 12.5 Å². The molecule has 0 bridgehead atoms. The zero-order valence-corrected chi connectivity index (χ0v) is 13.0. The number of carbonyl (C=O) groups is 1. The third kappa shape index (κ3) is 4.96. The van der Waals surface area contributed by atoms with Crippen LogP contribution in [0.4, 0.5) is 0 Å². The fourth-order valence-corrected chi connectivity index (χ4v) is 2.94. The van der Waals surface area contributed by atoms with Crippen LogP contribution >= 0.6 is 23.1 Å². The molecule has 0 saturated heterocycles. The predicted molar refractivity (Wildman–Crippen MR) is 81.8 cm³/mol. The van der Waals surface area contributed by atoms with Crippen LogP contribution in [0.5, 0.6) is 0 Å². The van der Waals surface area contributed by atoms with Gasteiger partial charge < -0.3 is 10.4 Å². The van der Waals surface area contributed by atoms with Crippen LogP contribution < -0.4 is 5.32 Å². The van der Waals surface area contributed by atoms with Crippen LogP contribution in [-0.4, -0.2) is 43.5 Å². The van der Waals surface area contributed by atoms with Crippen LogP contribution in [0.3, 0.4) is 0 Å². The summed E-state index contributed by atoms with van der Waals surface area (Å²) in [6, 6.07) is 1.85. The first-order valence-corrected chi connectivity index (χ1v) is 8.05. The standard InChI is InChI=1S/C12H15N5O2S2/c1-17-12(14-15-16-17)20-5-4-13-11(19)3-2-10-6-9(7-18)8-21-10/h2-3,6,8,18H,4-5,7H2,1H3,(H,13,19). The molecule has 9 heteroatoms. The third-order valence-electron chi connectivity index (χ3n) is 2.47. The number of aliphatic hydroxyl groups is 1. The highest BCUT2D eigenvalue weighted by Gasteiger charge is 2.02. The van der Waals surface area contributed by atoms with Crippen molar-refractivity contribution in [3.05, 3.63) is 28.0 Å². The lowest BCUT2D eigenvalue weighted by molar-refractivity contribution is -0.116. The third-order valence-corrected chi connectivity index (χ3v) is 4.43. The van der Waals surface area contributed by atoms with Gasteiger partial charge in [0.15, 0.2) is 0 Å². The van der Waals surface area contributed by atoms with Crippen molar-refractivity contribution < 1.29 is 9.90 Å². The molecule has 7 nitrogen and oxygen atoms in total. The maximum Gasteiger partial charge on any atom is 0.244 e. The van der Waals surface area contributed by atoms with Crippen LogP contribution in [0.25, 0.3) is 6.08 Å². The number of amides is 1. The normalized spacial score (nSPS) is 11.1. The molecule has 0 aliphatic heterocycles. The van der Waals surface area contributed by atoms with Gasteiger partial charge in [-0.15, -0.1) is 16.4 Å². The van der Waals surface area contributed by atoms with Gasteiger partial charge in [-0.1, -0.05) is 11.8 Å². The van der Waals surface area contributed by atoms with Gasteiger partial charge in [-0.3, -0.25) is 4.79 Å². The maximum atomic E-state index is 11.6. The molecule has 0 spiro atoms. The molecule has 0 atom stereocenters. The van der Waals surface area contributed by atoms with Gasteiger partial charge in [0.05, 0.1) is 6.61 Å². The molecule has 0 aliphatic rings. The van der Waals surface area contributed by atoms with E-state index in [0.717, 1.165) is 15.6 Å². The summed E-state index contributed by atoms with van der Waals surface area (Å²) in [7, 11) is 1.77. The van der Waals surface area contributed by atoms with Crippen molar-refractivity contribution in [1.29, 1.82) is 0 Å². The van der Waals surface area contributed by atoms with Gasteiger partial charge in [-0.05, 0) is 33.5 Å². The number of aryl methyl sites for hydroxylation is 1. The van der Waals surface area contributed by atoms with Gasteiger partial charge in [0.2, 0.25) is 11.1 Å². The number of carbonyl (C=O) groups excluding carboxylic acids is 1. The second-order valence-electron chi connectivity index (χ2n) is 4.07. The molecule has 21 heavy (non-hydrogen) atoms. The lowest BCUT2D eigenvalue weighted by Gasteiger charge is -2.01. The van der Waals surface area contributed by atoms with Crippen molar-refractivity contribution >= 4 is 35.1 Å². The summed E-state index contributed by atoms with van der Waals surface area (Å²) in [6.45, 7) is 0.553. The van der Waals surface area contributed by atoms with Crippen molar-refractivity contribution in [3.63, 3.8) is 0 Å². The monoisotopic (exact) mass is 325 g/mol. The molecule has 2 rings (SSSR count). The Bertz CT molecular complexity index is 623. The molecule has 2 aromatic heterocycles. The average Bonchev–Trinajstić information content (AvgIpc) is 3.10. The highest BCUT2D eigenvalue weighted by molar-refractivity contribution is 7.99. The Morgan fingerprint density at radius 1 is 1.62 bits per heavy atom. The molecule has 0 aliphatic carbocycles. The van der Waals surface area contributed by atoms with Gasteiger partial charge in [0, 0.05) is 30.3 Å². The molecular formula is C12H15N5O2S2. The minimum atomic E-state index is -0.148. The van der Waals surface area contributed by atoms with Crippen LogP contribution in [0.15, 0.2) is 22.7 Å². The average molecular weight is 325 g/mol. The van der Waals surface area contributed by atoms with Gasteiger partial charge in [0.25, 0.3) is 0 Å². The van der Waals surface area contributed by atoms with E-state index in [1.54, 1.807) is 17.8 Å². The maximum absolute atomic E-state index is 11.6. The van der Waals surface area contributed by atoms with Crippen molar-refractivity contribution in [2.24, 2.45) is 7.05 Å². The summed E-state index contributed by atoms with van der Waals surface area (Å²) in [5, 5.41) is 25.4. The molecule has 2 aromatic rings. The molecule has 0 unspecified atom stereocenters. The first kappa shape index (κ1) is 15.7. The first-order chi connectivity index (χ1) is 10.2. The van der Waals surface area contributed by atoms with E-state index >= 15 is 0 Å². The van der Waals surface area contributed by atoms with Gasteiger partial charge >= 0.3 is 0 Å². The second-order valence-corrected chi connectivity index (χ2v) is 6.08. The number of hydrogen-bond acceptors (Lipinski definition) is 7. The highest BCUT2D eigenvalue weighted by Crippen LogP contribution is 2.16. The number of aromatic nitrogens is 4. The molecular weight excluding hydrogens is 310 g/mol. The Kier molecular flexibility index (Phi) is 5.90. The summed E-state index contributed by atoms with van der Waals surface area (Å²) in [5.74, 6) is 0.548. The Morgan fingerprint density at radius 3 is 3.14 bits per heavy atom. The molecule has 112 valence electrons. The molecule has 0 aromatic carbocycles. The molecule has 2 N–H and O–H groups in total. The number of nitrogens with zero attached hydrogens (tertiary/aromatic N) is 4. The quantitative estimate of drug-likeness (QED) is 0.442. The van der Waals surface area contributed by atoms with Crippen LogP contribution in [0.1, 0.15) is 10.4 Å². The number of thioether (sulfide) groups is 1. The van der Waals surface area contributed by atoms with Crippen LogP contribution in [0.2, 0.25) is 0 Å². The van der Waals surface area contributed by atoms with Gasteiger partial charge in [-0.2, -0.15) is 0 Å². The minimum absolute atomic E-state index is 0.0185. The van der Waals surface area contributed by atoms with E-state index in [1.807, 2.05) is 11.4 Å². The van der Waals surface area contributed by atoms with Crippen LogP contribution in [-0.2, 0) is 18.4 Å². The molecule has 0 fully saturated rings. The summed E-state index contributed by atoms with van der Waals surface area (Å²) < 4.78 is 1.59. The van der Waals surface area contributed by atoms with E-state index in [1.165, 1.54) is 29.2 Å². The number of tetrazole rings is 1. The SMILES string of the molecule is Cn1nnnc1SCCNC(=O)C=Cc1cc(CO)cs1. The van der Waals surface area contributed by atoms with Crippen molar-refractivity contribution in [2.45, 2.75) is 11.8 Å². The number of thiophene rings is 1. The molecule has 2 heterocycles. The number of rotatable bonds is 7. The van der Waals surface area contributed by atoms with E-state index in [2.05, 4.69) is 20.8 Å². The molecule has 0 radical (unpaired) electrons. The fraction of sp³-hybridized carbons (Fsp3) is 0.333. The van der Waals surface area contributed by atoms with Gasteiger partial charge in [0.1, 0.15) is 0 Å². The van der Waals surface area contributed by atoms with Gasteiger partial charge in [-0.25, -0.2) is 4.68 Å². The second kappa shape index (κ2) is 7.91. The smallest absolute Gasteiger partial charge is 0.244 e. The Balaban J connectivity index is 1.68. The van der Waals surface area contributed by atoms with E-state index in [0.29, 0.717) is 12.3 Å². The minimum Gasteiger partial charge on any atom is -0.392 e. The summed E-state index contributed by atoms with van der Waals surface area (Å²) in [6.07, 6.45) is 3.22. The number of hydrogen-bond donors (Lipinski definition) is 2. The number of aliphatic hydroxyl groups excluding tert-OH is 1. The Morgan fingerprint density at radius 2 is 2.48 bits per heavy atom. The summed E-state index contributed by atoms with van der Waals surface area (Å²) in [4.78, 5) is 12.6.